The van der Waals surface area contributed by atoms with Gasteiger partial charge in [-0.15, -0.1) is 0 Å². The minimum atomic E-state index is -1.60. The summed E-state index contributed by atoms with van der Waals surface area (Å²) in [5.41, 5.74) is 10.7. The zero-order valence-corrected chi connectivity index (χ0v) is 17.9. The highest BCUT2D eigenvalue weighted by Crippen LogP contribution is 2.10. The van der Waals surface area contributed by atoms with Gasteiger partial charge in [0.05, 0.1) is 19.1 Å². The fourth-order valence-electron chi connectivity index (χ4n) is 2.50. The SMILES string of the molecule is CCC(C)C(NC(=O)C(CC(N)=O)NC(=O)C(N)CCC(=O)O)C(=O)NC(CO)C(=O)O. The number of hydrogen-bond donors (Lipinski definition) is 8. The first kappa shape index (κ1) is 28.7. The lowest BCUT2D eigenvalue weighted by Gasteiger charge is -2.27. The zero-order valence-electron chi connectivity index (χ0n) is 17.9. The monoisotopic (exact) mass is 461 g/mol. The van der Waals surface area contributed by atoms with Crippen LogP contribution in [0.2, 0.25) is 0 Å². The first-order valence-electron chi connectivity index (χ1n) is 9.84. The van der Waals surface area contributed by atoms with Gasteiger partial charge in [0.25, 0.3) is 0 Å². The summed E-state index contributed by atoms with van der Waals surface area (Å²) >= 11 is 0. The van der Waals surface area contributed by atoms with Gasteiger partial charge in [0.1, 0.15) is 18.1 Å². The van der Waals surface area contributed by atoms with E-state index < -0.39 is 85.1 Å². The zero-order chi connectivity index (χ0) is 25.0. The van der Waals surface area contributed by atoms with Crippen LogP contribution in [0.1, 0.15) is 39.5 Å². The molecule has 14 heteroatoms. The number of carboxylic acid groups (broad SMARTS) is 2. The molecule has 10 N–H and O–H groups in total. The molecule has 0 radical (unpaired) electrons. The summed E-state index contributed by atoms with van der Waals surface area (Å²) in [5.74, 6) is -6.84. The summed E-state index contributed by atoms with van der Waals surface area (Å²) in [6, 6.07) is -5.64. The van der Waals surface area contributed by atoms with Crippen molar-refractivity contribution < 1.29 is 44.1 Å². The average Bonchev–Trinajstić information content (AvgIpc) is 2.71. The summed E-state index contributed by atoms with van der Waals surface area (Å²) in [5, 5.41) is 33.4. The lowest BCUT2D eigenvalue weighted by atomic mass is 9.97. The van der Waals surface area contributed by atoms with Gasteiger partial charge in [-0.05, 0) is 12.3 Å². The lowest BCUT2D eigenvalue weighted by molar-refractivity contribution is -0.144. The van der Waals surface area contributed by atoms with Gasteiger partial charge in [0.2, 0.25) is 23.6 Å². The second-order valence-corrected chi connectivity index (χ2v) is 7.22. The van der Waals surface area contributed by atoms with E-state index >= 15 is 0 Å². The minimum Gasteiger partial charge on any atom is -0.481 e. The largest absolute Gasteiger partial charge is 0.481 e. The van der Waals surface area contributed by atoms with Crippen molar-refractivity contribution in [3.8, 4) is 0 Å². The van der Waals surface area contributed by atoms with Gasteiger partial charge in [0, 0.05) is 6.42 Å². The highest BCUT2D eigenvalue weighted by molar-refractivity contribution is 5.96. The molecule has 5 unspecified atom stereocenters. The van der Waals surface area contributed by atoms with Crippen molar-refractivity contribution in [3.05, 3.63) is 0 Å². The maximum atomic E-state index is 12.7. The maximum Gasteiger partial charge on any atom is 0.328 e. The van der Waals surface area contributed by atoms with E-state index in [0.29, 0.717) is 6.42 Å². The molecule has 4 amide bonds. The first-order chi connectivity index (χ1) is 14.8. The van der Waals surface area contributed by atoms with E-state index in [0.717, 1.165) is 0 Å². The van der Waals surface area contributed by atoms with Crippen molar-refractivity contribution in [2.75, 3.05) is 6.61 Å². The molecule has 0 aromatic carbocycles. The fourth-order valence-corrected chi connectivity index (χ4v) is 2.50. The van der Waals surface area contributed by atoms with Crippen LogP contribution in [0.3, 0.4) is 0 Å². The van der Waals surface area contributed by atoms with E-state index in [2.05, 4.69) is 16.0 Å². The standard InChI is InChI=1S/C18H31N5O9/c1-3-8(2)14(17(30)22-11(7-24)18(31)32)23-16(29)10(6-12(20)25)21-15(28)9(19)4-5-13(26)27/h8-11,14,24H,3-7,19H2,1-2H3,(H2,20,25)(H,21,28)(H,22,30)(H,23,29)(H,26,27)(H,31,32). The third-order valence-corrected chi connectivity index (χ3v) is 4.63. The quantitative estimate of drug-likeness (QED) is 0.120. The van der Waals surface area contributed by atoms with Crippen LogP contribution in [-0.4, -0.2) is 81.7 Å². The van der Waals surface area contributed by atoms with Crippen LogP contribution in [0.5, 0.6) is 0 Å². The van der Waals surface area contributed by atoms with Crippen LogP contribution in [-0.2, 0) is 28.8 Å². The van der Waals surface area contributed by atoms with Gasteiger partial charge in [-0.25, -0.2) is 4.79 Å². The predicted molar refractivity (Wildman–Crippen MR) is 109 cm³/mol. The number of aliphatic carboxylic acids is 2. The van der Waals surface area contributed by atoms with E-state index in [-0.39, 0.29) is 6.42 Å². The molecule has 0 aliphatic heterocycles. The van der Waals surface area contributed by atoms with Gasteiger partial charge < -0.3 is 42.7 Å². The number of nitrogens with one attached hydrogen (secondary N) is 3. The van der Waals surface area contributed by atoms with Crippen LogP contribution >= 0.6 is 0 Å². The molecule has 0 rings (SSSR count). The Kier molecular flexibility index (Phi) is 12.5. The third-order valence-electron chi connectivity index (χ3n) is 4.63. The summed E-state index contributed by atoms with van der Waals surface area (Å²) in [4.78, 5) is 70.4. The molecule has 14 nitrogen and oxygen atoms in total. The van der Waals surface area contributed by atoms with Gasteiger partial charge in [-0.3, -0.25) is 24.0 Å². The number of carbonyl (C=O) groups is 6. The van der Waals surface area contributed by atoms with E-state index in [1.807, 2.05) is 0 Å². The highest BCUT2D eigenvalue weighted by Gasteiger charge is 2.33. The molecule has 5 atom stereocenters. The van der Waals surface area contributed by atoms with Crippen LogP contribution in [0.15, 0.2) is 0 Å². The third kappa shape index (κ3) is 10.2. The van der Waals surface area contributed by atoms with Crippen molar-refractivity contribution in [2.45, 2.75) is 63.7 Å². The molecule has 0 saturated carbocycles. The van der Waals surface area contributed by atoms with Crippen LogP contribution in [0.4, 0.5) is 0 Å². The summed E-state index contributed by atoms with van der Waals surface area (Å²) < 4.78 is 0. The Morgan fingerprint density at radius 3 is 1.91 bits per heavy atom. The van der Waals surface area contributed by atoms with Gasteiger partial charge in [-0.2, -0.15) is 0 Å². The van der Waals surface area contributed by atoms with Gasteiger partial charge >= 0.3 is 11.9 Å². The summed E-state index contributed by atoms with van der Waals surface area (Å²) in [6.45, 7) is 2.43. The second-order valence-electron chi connectivity index (χ2n) is 7.22. The van der Waals surface area contributed by atoms with E-state index in [9.17, 15) is 28.8 Å². The smallest absolute Gasteiger partial charge is 0.328 e. The predicted octanol–water partition coefficient (Wildman–Crippen LogP) is -3.37. The number of primary amides is 1. The second kappa shape index (κ2) is 13.9. The number of carboxylic acids is 2. The molecular formula is C18H31N5O9. The molecule has 0 aliphatic carbocycles. The molecule has 182 valence electrons. The topological polar surface area (TPSA) is 251 Å². The summed E-state index contributed by atoms with van der Waals surface area (Å²) in [6.07, 6.45) is -0.858. The Morgan fingerprint density at radius 1 is 0.906 bits per heavy atom. The number of aliphatic hydroxyl groups is 1. The first-order valence-corrected chi connectivity index (χ1v) is 9.84. The molecule has 0 saturated heterocycles. The number of amides is 4. The number of rotatable bonds is 15. The number of hydrogen-bond acceptors (Lipinski definition) is 8. The normalized spacial score (nSPS) is 15.4. The molecule has 0 aromatic rings. The summed E-state index contributed by atoms with van der Waals surface area (Å²) in [7, 11) is 0. The van der Waals surface area contributed by atoms with Crippen molar-refractivity contribution in [1.82, 2.24) is 16.0 Å². The molecule has 0 aromatic heterocycles. The molecular weight excluding hydrogens is 430 g/mol. The van der Waals surface area contributed by atoms with Crippen molar-refractivity contribution in [1.29, 1.82) is 0 Å². The molecule has 0 fully saturated rings. The van der Waals surface area contributed by atoms with E-state index in [4.69, 9.17) is 26.8 Å². The molecule has 0 aliphatic rings. The molecule has 0 spiro atoms. The Labute approximate surface area is 184 Å². The minimum absolute atomic E-state index is 0.221. The fraction of sp³-hybridized carbons (Fsp3) is 0.667. The highest BCUT2D eigenvalue weighted by atomic mass is 16.4. The number of aliphatic hydroxyl groups excluding tert-OH is 1. The van der Waals surface area contributed by atoms with Crippen LogP contribution < -0.4 is 27.4 Å². The van der Waals surface area contributed by atoms with E-state index in [1.54, 1.807) is 13.8 Å². The lowest BCUT2D eigenvalue weighted by Crippen LogP contribution is -2.59. The maximum absolute atomic E-state index is 12.7. The average molecular weight is 461 g/mol. The van der Waals surface area contributed by atoms with Crippen molar-refractivity contribution >= 4 is 35.6 Å². The van der Waals surface area contributed by atoms with E-state index in [1.165, 1.54) is 0 Å². The Morgan fingerprint density at radius 2 is 1.47 bits per heavy atom. The molecule has 0 bridgehead atoms. The van der Waals surface area contributed by atoms with Gasteiger partial charge in [-0.1, -0.05) is 20.3 Å². The number of carbonyl (C=O) groups excluding carboxylic acids is 4. The Hall–Kier alpha value is -3.26. The van der Waals surface area contributed by atoms with Gasteiger partial charge in [0.15, 0.2) is 0 Å². The van der Waals surface area contributed by atoms with Crippen molar-refractivity contribution in [2.24, 2.45) is 17.4 Å². The van der Waals surface area contributed by atoms with Crippen molar-refractivity contribution in [3.63, 3.8) is 0 Å². The van der Waals surface area contributed by atoms with Crippen LogP contribution in [0.25, 0.3) is 0 Å². The number of nitrogens with two attached hydrogens (primary N) is 2. The Bertz CT molecular complexity index is 715. The molecule has 0 heterocycles. The molecule has 32 heavy (non-hydrogen) atoms. The van der Waals surface area contributed by atoms with Crippen LogP contribution in [0, 0.1) is 5.92 Å². The Balaban J connectivity index is 5.46.